The summed E-state index contributed by atoms with van der Waals surface area (Å²) < 4.78 is 47.2. The minimum absolute atomic E-state index is 0.000221. The van der Waals surface area contributed by atoms with Crippen molar-refractivity contribution >= 4 is 37.6 Å². The van der Waals surface area contributed by atoms with Gasteiger partial charge in [-0.1, -0.05) is 34.6 Å². The monoisotopic (exact) mass is 886 g/mol. The number of carbonyl (C=O) groups excluding carboxylic acids is 4. The van der Waals surface area contributed by atoms with E-state index in [4.69, 9.17) is 37.6 Å². The number of carbonyl (C=O) groups is 4. The van der Waals surface area contributed by atoms with Gasteiger partial charge in [-0.05, 0) is 92.6 Å². The van der Waals surface area contributed by atoms with Crippen LogP contribution in [0.15, 0.2) is 18.2 Å². The summed E-state index contributed by atoms with van der Waals surface area (Å²) in [5.41, 5.74) is 1.28. The van der Waals surface area contributed by atoms with Crippen LogP contribution in [-0.4, -0.2) is 96.7 Å². The van der Waals surface area contributed by atoms with Crippen LogP contribution >= 0.6 is 0 Å². The molecule has 1 amide bonds. The number of rotatable bonds is 26. The first-order valence-corrected chi connectivity index (χ1v) is 25.8. The number of Topliss-reactive ketones (excluding diaryl/α,β-unsaturated/α-hetero) is 1. The van der Waals surface area contributed by atoms with Crippen LogP contribution in [0.5, 0.6) is 5.75 Å². The van der Waals surface area contributed by atoms with Gasteiger partial charge in [-0.15, -0.1) is 11.8 Å². The Hall–Kier alpha value is -3.32. The summed E-state index contributed by atoms with van der Waals surface area (Å²) in [5, 5.41) is 2.91. The molecule has 1 aromatic carbocycles. The van der Waals surface area contributed by atoms with Crippen molar-refractivity contribution in [3.05, 3.63) is 23.8 Å². The van der Waals surface area contributed by atoms with Gasteiger partial charge < -0.3 is 42.9 Å². The van der Waals surface area contributed by atoms with E-state index in [1.807, 2.05) is 19.9 Å². The van der Waals surface area contributed by atoms with Gasteiger partial charge in [0.1, 0.15) is 11.5 Å². The number of amides is 1. The number of benzene rings is 1. The minimum atomic E-state index is -2.16. The van der Waals surface area contributed by atoms with E-state index in [9.17, 15) is 19.2 Å². The Balaban J connectivity index is 1.08. The molecule has 1 aromatic rings. The van der Waals surface area contributed by atoms with Gasteiger partial charge >= 0.3 is 11.9 Å². The van der Waals surface area contributed by atoms with E-state index in [1.54, 1.807) is 12.1 Å². The molecule has 1 saturated carbocycles. The predicted molar refractivity (Wildman–Crippen MR) is 239 cm³/mol. The van der Waals surface area contributed by atoms with Crippen LogP contribution in [-0.2, 0) is 58.6 Å². The highest BCUT2D eigenvalue weighted by Crippen LogP contribution is 2.52. The first-order chi connectivity index (χ1) is 29.5. The molecule has 13 nitrogen and oxygen atoms in total. The molecule has 14 heteroatoms. The lowest BCUT2D eigenvalue weighted by Gasteiger charge is -2.42. The number of hydrogen-bond acceptors (Lipinski definition) is 12. The van der Waals surface area contributed by atoms with Gasteiger partial charge in [-0.2, -0.15) is 0 Å². The predicted octanol–water partition coefficient (Wildman–Crippen LogP) is 8.42. The molecule has 348 valence electrons. The van der Waals surface area contributed by atoms with Crippen LogP contribution in [0, 0.1) is 41.4 Å². The molecule has 3 aliphatic rings. The largest absolute Gasteiger partial charge is 0.465 e. The molecule has 1 N–H and O–H groups in total. The molecular formula is C48H75NO12Si. The lowest BCUT2D eigenvalue weighted by atomic mass is 9.84. The Bertz CT molecular complexity index is 1650. The molecule has 0 spiro atoms. The number of nitrogens with one attached hydrogen (secondary N) is 1. The third-order valence-electron chi connectivity index (χ3n) is 13.1. The summed E-state index contributed by atoms with van der Waals surface area (Å²) in [6.07, 6.45) is 4.66. The molecule has 0 aromatic heterocycles. The van der Waals surface area contributed by atoms with Crippen molar-refractivity contribution in [1.29, 1.82) is 0 Å². The van der Waals surface area contributed by atoms with Gasteiger partial charge in [-0.25, -0.2) is 0 Å². The zero-order valence-electron chi connectivity index (χ0n) is 39.0. The normalized spacial score (nSPS) is 24.7. The maximum atomic E-state index is 13.0. The molecule has 0 radical (unpaired) electrons. The molecular weight excluding hydrogens is 811 g/mol. The first kappa shape index (κ1) is 51.3. The summed E-state index contributed by atoms with van der Waals surface area (Å²) in [4.78, 5) is 49.7. The smallest absolute Gasteiger partial charge is 0.305 e. The topological polar surface area (TPSA) is 154 Å². The molecule has 1 heterocycles. The van der Waals surface area contributed by atoms with Crippen molar-refractivity contribution in [2.45, 2.75) is 156 Å². The Labute approximate surface area is 371 Å². The van der Waals surface area contributed by atoms with Crippen molar-refractivity contribution < 1.29 is 56.8 Å². The Kier molecular flexibility index (Phi) is 20.9. The lowest BCUT2D eigenvalue weighted by molar-refractivity contribution is -0.243. The van der Waals surface area contributed by atoms with E-state index >= 15 is 0 Å². The average Bonchev–Trinajstić information content (AvgIpc) is 3.86. The molecule has 62 heavy (non-hydrogen) atoms. The van der Waals surface area contributed by atoms with Gasteiger partial charge in [0, 0.05) is 75.8 Å². The van der Waals surface area contributed by atoms with Gasteiger partial charge in [-0.3, -0.25) is 19.2 Å². The number of ketones is 1. The second-order valence-electron chi connectivity index (χ2n) is 18.7. The van der Waals surface area contributed by atoms with Gasteiger partial charge in [0.15, 0.2) is 14.4 Å². The molecule has 1 aliphatic heterocycles. The summed E-state index contributed by atoms with van der Waals surface area (Å²) in [6.45, 7) is 21.7. The fraction of sp³-hybridized carbons (Fsp3) is 0.750. The molecule has 8 atom stereocenters. The molecule has 2 fully saturated rings. The van der Waals surface area contributed by atoms with Crippen molar-refractivity contribution in [3.63, 3.8) is 0 Å². The molecule has 1 saturated heterocycles. The number of hydrogen-bond donors (Lipinski definition) is 1. The van der Waals surface area contributed by atoms with Crippen LogP contribution in [0.2, 0.25) is 18.1 Å². The van der Waals surface area contributed by atoms with E-state index in [0.29, 0.717) is 101 Å². The fourth-order valence-electron chi connectivity index (χ4n) is 7.70. The van der Waals surface area contributed by atoms with Gasteiger partial charge in [0.2, 0.25) is 12.2 Å². The molecule has 2 aliphatic carbocycles. The first-order valence-electron chi connectivity index (χ1n) is 22.9. The van der Waals surface area contributed by atoms with Crippen molar-refractivity contribution in [3.8, 4) is 17.6 Å². The Morgan fingerprint density at radius 1 is 0.823 bits per heavy atom. The number of fused-ring (bicyclic) bond motifs is 1. The van der Waals surface area contributed by atoms with Crippen LogP contribution in [0.4, 0.5) is 5.69 Å². The maximum absolute atomic E-state index is 13.0. The van der Waals surface area contributed by atoms with Crippen molar-refractivity contribution in [2.75, 3.05) is 51.6 Å². The highest BCUT2D eigenvalue weighted by molar-refractivity contribution is 6.74. The lowest BCUT2D eigenvalue weighted by Crippen LogP contribution is -2.52. The Morgan fingerprint density at radius 2 is 1.44 bits per heavy atom. The Morgan fingerprint density at radius 3 is 2.05 bits per heavy atom. The van der Waals surface area contributed by atoms with Gasteiger partial charge in [0.05, 0.1) is 45.7 Å². The zero-order chi connectivity index (χ0) is 45.3. The van der Waals surface area contributed by atoms with Crippen molar-refractivity contribution in [2.24, 2.45) is 29.6 Å². The van der Waals surface area contributed by atoms with E-state index in [0.717, 1.165) is 31.2 Å². The zero-order valence-corrected chi connectivity index (χ0v) is 40.0. The summed E-state index contributed by atoms with van der Waals surface area (Å²) >= 11 is 0. The van der Waals surface area contributed by atoms with Crippen LogP contribution in [0.3, 0.4) is 0 Å². The van der Waals surface area contributed by atoms with E-state index in [1.165, 1.54) is 6.92 Å². The third kappa shape index (κ3) is 17.0. The number of ether oxygens (including phenoxy) is 7. The number of anilines is 1. The quantitative estimate of drug-likeness (QED) is 0.0411. The summed E-state index contributed by atoms with van der Waals surface area (Å²) in [5.74, 6) is 8.11. The number of esters is 2. The molecule has 3 unspecified atom stereocenters. The average molecular weight is 886 g/mol. The SMILES string of the molecule is CC(=O)O[C@H]1C(C)[C@H](C)C(C)O[C@H]1Oc1ccc(NC(=O)CCC(=O)CCCOCCOCCOCCCC(=O)OCC2[C@H]3CCC#CCC[C@@H]23)cc1CO[Si](C)(C)C(C)(C)C. The highest BCUT2D eigenvalue weighted by atomic mass is 28.4. The summed E-state index contributed by atoms with van der Waals surface area (Å²) in [6, 6.07) is 5.35. The second kappa shape index (κ2) is 25.2. The fourth-order valence-corrected chi connectivity index (χ4v) is 8.65. The second-order valence-corrected chi connectivity index (χ2v) is 23.5. The molecule has 4 rings (SSSR count). The van der Waals surface area contributed by atoms with Crippen LogP contribution in [0.25, 0.3) is 0 Å². The highest BCUT2D eigenvalue weighted by Gasteiger charge is 2.49. The molecule has 0 bridgehead atoms. The van der Waals surface area contributed by atoms with E-state index in [2.05, 4.69) is 57.9 Å². The van der Waals surface area contributed by atoms with Crippen LogP contribution < -0.4 is 10.1 Å². The van der Waals surface area contributed by atoms with E-state index in [-0.39, 0.29) is 60.1 Å². The van der Waals surface area contributed by atoms with Crippen molar-refractivity contribution in [1.82, 2.24) is 0 Å². The van der Waals surface area contributed by atoms with E-state index < -0.39 is 26.7 Å². The van der Waals surface area contributed by atoms with Crippen LogP contribution in [0.1, 0.15) is 118 Å². The standard InChI is InChI=1S/C48H75NO12Si/c1-33-34(2)46(60-36(4)50)47(59-35(33)3)61-43-22-20-38(30-37(43)31-58-62(8,9)48(5,6)7)49-44(52)23-21-39(51)16-14-24-54-26-28-56-29-27-55-25-15-19-45(53)57-32-42-40-17-12-10-11-13-18-41(40)42/h20,22,30,33-35,40-42,46-47H,12-19,21,23-29,31-32H2,1-9H3,(H,49,52)/t33-,34?,35?,40-,41+,42?,46-,47-/m0/s1. The summed E-state index contributed by atoms with van der Waals surface area (Å²) in [7, 11) is -2.16. The third-order valence-corrected chi connectivity index (χ3v) is 17.5. The minimum Gasteiger partial charge on any atom is -0.465 e. The maximum Gasteiger partial charge on any atom is 0.305 e. The van der Waals surface area contributed by atoms with Gasteiger partial charge in [0.25, 0.3) is 0 Å².